The second kappa shape index (κ2) is 4.89. The van der Waals surface area contributed by atoms with Crippen LogP contribution in [-0.4, -0.2) is 30.1 Å². The molecule has 2 nitrogen and oxygen atoms in total. The van der Waals surface area contributed by atoms with Gasteiger partial charge >= 0.3 is 0 Å². The van der Waals surface area contributed by atoms with Gasteiger partial charge < -0.3 is 5.73 Å². The van der Waals surface area contributed by atoms with E-state index in [0.29, 0.717) is 17.5 Å². The van der Waals surface area contributed by atoms with Gasteiger partial charge in [-0.3, -0.25) is 4.90 Å². The lowest BCUT2D eigenvalue weighted by atomic mass is 9.74. The highest BCUT2D eigenvalue weighted by Gasteiger charge is 2.38. The van der Waals surface area contributed by atoms with Crippen molar-refractivity contribution >= 4 is 0 Å². The van der Waals surface area contributed by atoms with Crippen LogP contribution in [0.25, 0.3) is 0 Å². The molecular formula is C15H30N2. The summed E-state index contributed by atoms with van der Waals surface area (Å²) in [7, 11) is 0. The first-order chi connectivity index (χ1) is 7.89. The minimum atomic E-state index is 0.398. The third kappa shape index (κ3) is 3.03. The standard InChI is InChI=1S/C15H30N2/c1-11-9-12(2)14(13(16)10-11)17-7-5-15(3,4)6-8-17/h11-14H,5-10,16H2,1-4H3. The number of hydrogen-bond donors (Lipinski definition) is 1. The normalized spacial score (nSPS) is 43.6. The van der Waals surface area contributed by atoms with Gasteiger partial charge in [0.2, 0.25) is 0 Å². The zero-order valence-corrected chi connectivity index (χ0v) is 12.1. The van der Waals surface area contributed by atoms with E-state index in [1.807, 2.05) is 0 Å². The summed E-state index contributed by atoms with van der Waals surface area (Å²) in [4.78, 5) is 2.69. The van der Waals surface area contributed by atoms with Crippen molar-refractivity contribution in [2.45, 2.75) is 65.5 Å². The molecule has 0 bridgehead atoms. The van der Waals surface area contributed by atoms with Gasteiger partial charge in [0.05, 0.1) is 0 Å². The Morgan fingerprint density at radius 1 is 1.06 bits per heavy atom. The molecule has 17 heavy (non-hydrogen) atoms. The van der Waals surface area contributed by atoms with E-state index in [4.69, 9.17) is 5.73 Å². The van der Waals surface area contributed by atoms with Crippen LogP contribution < -0.4 is 5.73 Å². The Morgan fingerprint density at radius 2 is 1.65 bits per heavy atom. The summed E-state index contributed by atoms with van der Waals surface area (Å²) in [6.45, 7) is 12.1. The monoisotopic (exact) mass is 238 g/mol. The molecular weight excluding hydrogens is 208 g/mol. The zero-order valence-electron chi connectivity index (χ0n) is 12.1. The van der Waals surface area contributed by atoms with Crippen molar-refractivity contribution in [3.05, 3.63) is 0 Å². The first-order valence-corrected chi connectivity index (χ1v) is 7.39. The number of rotatable bonds is 1. The van der Waals surface area contributed by atoms with Crippen LogP contribution >= 0.6 is 0 Å². The summed E-state index contributed by atoms with van der Waals surface area (Å²) >= 11 is 0. The lowest BCUT2D eigenvalue weighted by Gasteiger charge is -2.48. The molecule has 1 saturated heterocycles. The Bertz CT molecular complexity index is 240. The molecule has 1 heterocycles. The molecule has 2 rings (SSSR count). The van der Waals surface area contributed by atoms with Gasteiger partial charge in [0.1, 0.15) is 0 Å². The average molecular weight is 238 g/mol. The molecule has 2 fully saturated rings. The number of nitrogens with zero attached hydrogens (tertiary/aromatic N) is 1. The molecule has 0 aromatic rings. The molecule has 1 aliphatic carbocycles. The van der Waals surface area contributed by atoms with E-state index in [2.05, 4.69) is 32.6 Å². The second-order valence-electron chi connectivity index (χ2n) is 7.41. The molecule has 1 aliphatic heterocycles. The fraction of sp³-hybridized carbons (Fsp3) is 1.00. The quantitative estimate of drug-likeness (QED) is 0.761. The van der Waals surface area contributed by atoms with E-state index in [1.165, 1.54) is 38.8 Å². The molecule has 2 heteroatoms. The highest BCUT2D eigenvalue weighted by molar-refractivity contribution is 4.94. The van der Waals surface area contributed by atoms with Gasteiger partial charge in [0.25, 0.3) is 0 Å². The number of nitrogens with two attached hydrogens (primary N) is 1. The van der Waals surface area contributed by atoms with Gasteiger partial charge in [-0.25, -0.2) is 0 Å². The molecule has 4 atom stereocenters. The highest BCUT2D eigenvalue weighted by atomic mass is 15.2. The largest absolute Gasteiger partial charge is 0.326 e. The summed E-state index contributed by atoms with van der Waals surface area (Å²) in [6.07, 6.45) is 5.24. The summed E-state index contributed by atoms with van der Waals surface area (Å²) in [6, 6.07) is 1.04. The summed E-state index contributed by atoms with van der Waals surface area (Å²) in [5, 5.41) is 0. The number of likely N-dealkylation sites (tertiary alicyclic amines) is 1. The van der Waals surface area contributed by atoms with E-state index in [9.17, 15) is 0 Å². The first-order valence-electron chi connectivity index (χ1n) is 7.39. The van der Waals surface area contributed by atoms with Crippen molar-refractivity contribution in [3.63, 3.8) is 0 Å². The summed E-state index contributed by atoms with van der Waals surface area (Å²) < 4.78 is 0. The van der Waals surface area contributed by atoms with Crippen LogP contribution in [0.4, 0.5) is 0 Å². The molecule has 2 N–H and O–H groups in total. The van der Waals surface area contributed by atoms with E-state index < -0.39 is 0 Å². The zero-order chi connectivity index (χ0) is 12.6. The van der Waals surface area contributed by atoms with Gasteiger partial charge in [-0.05, 0) is 56.0 Å². The Morgan fingerprint density at radius 3 is 2.18 bits per heavy atom. The molecule has 0 radical (unpaired) electrons. The molecule has 0 amide bonds. The van der Waals surface area contributed by atoms with Gasteiger partial charge in [-0.1, -0.05) is 27.7 Å². The van der Waals surface area contributed by atoms with Gasteiger partial charge in [-0.15, -0.1) is 0 Å². The Hall–Kier alpha value is -0.0800. The molecule has 4 unspecified atom stereocenters. The predicted octanol–water partition coefficient (Wildman–Crippen LogP) is 2.87. The minimum absolute atomic E-state index is 0.398. The fourth-order valence-electron chi connectivity index (χ4n) is 3.95. The topological polar surface area (TPSA) is 29.3 Å². The summed E-state index contributed by atoms with van der Waals surface area (Å²) in [5.74, 6) is 1.59. The predicted molar refractivity (Wildman–Crippen MR) is 73.9 cm³/mol. The van der Waals surface area contributed by atoms with Gasteiger partial charge in [0, 0.05) is 12.1 Å². The Balaban J connectivity index is 1.97. The molecule has 0 aromatic heterocycles. The maximum atomic E-state index is 6.42. The van der Waals surface area contributed by atoms with Crippen LogP contribution in [0.3, 0.4) is 0 Å². The molecule has 2 aliphatic rings. The molecule has 100 valence electrons. The van der Waals surface area contributed by atoms with E-state index in [1.54, 1.807) is 0 Å². The summed E-state index contributed by atoms with van der Waals surface area (Å²) in [5.41, 5.74) is 6.96. The van der Waals surface area contributed by atoms with Crippen LogP contribution in [0.15, 0.2) is 0 Å². The first kappa shape index (κ1) is 13.4. The average Bonchev–Trinajstić information content (AvgIpc) is 2.19. The van der Waals surface area contributed by atoms with Crippen molar-refractivity contribution < 1.29 is 0 Å². The van der Waals surface area contributed by atoms with Crippen molar-refractivity contribution in [2.24, 2.45) is 23.0 Å². The lowest BCUT2D eigenvalue weighted by Crippen LogP contribution is -2.57. The maximum Gasteiger partial charge on any atom is 0.0272 e. The van der Waals surface area contributed by atoms with E-state index in [-0.39, 0.29) is 0 Å². The van der Waals surface area contributed by atoms with Gasteiger partial charge in [0.15, 0.2) is 0 Å². The third-order valence-electron chi connectivity index (χ3n) is 5.04. The van der Waals surface area contributed by atoms with Crippen molar-refractivity contribution in [2.75, 3.05) is 13.1 Å². The van der Waals surface area contributed by atoms with Crippen LogP contribution in [0.1, 0.15) is 53.4 Å². The third-order valence-corrected chi connectivity index (χ3v) is 5.04. The van der Waals surface area contributed by atoms with E-state index >= 15 is 0 Å². The van der Waals surface area contributed by atoms with E-state index in [0.717, 1.165) is 11.8 Å². The minimum Gasteiger partial charge on any atom is -0.326 e. The van der Waals surface area contributed by atoms with Crippen LogP contribution in [0, 0.1) is 17.3 Å². The van der Waals surface area contributed by atoms with Crippen LogP contribution in [0.5, 0.6) is 0 Å². The van der Waals surface area contributed by atoms with Crippen LogP contribution in [0.2, 0.25) is 0 Å². The number of piperidine rings is 1. The molecule has 0 spiro atoms. The van der Waals surface area contributed by atoms with Gasteiger partial charge in [-0.2, -0.15) is 0 Å². The highest BCUT2D eigenvalue weighted by Crippen LogP contribution is 2.36. The lowest BCUT2D eigenvalue weighted by molar-refractivity contribution is 0.0298. The van der Waals surface area contributed by atoms with Crippen LogP contribution in [-0.2, 0) is 0 Å². The van der Waals surface area contributed by atoms with Crippen molar-refractivity contribution in [3.8, 4) is 0 Å². The fourth-order valence-corrected chi connectivity index (χ4v) is 3.95. The molecule has 1 saturated carbocycles. The SMILES string of the molecule is CC1CC(C)C(N2CCC(C)(C)CC2)C(N)C1. The van der Waals surface area contributed by atoms with Crippen molar-refractivity contribution in [1.82, 2.24) is 4.90 Å². The smallest absolute Gasteiger partial charge is 0.0272 e. The second-order valence-corrected chi connectivity index (χ2v) is 7.41. The molecule has 0 aromatic carbocycles. The number of hydrogen-bond acceptors (Lipinski definition) is 2. The maximum absolute atomic E-state index is 6.42. The Kier molecular flexibility index (Phi) is 3.84. The Labute approximate surface area is 107 Å². The van der Waals surface area contributed by atoms with Crippen molar-refractivity contribution in [1.29, 1.82) is 0 Å².